The molecule has 2 saturated heterocycles. The van der Waals surface area contributed by atoms with Crippen LogP contribution in [0.3, 0.4) is 0 Å². The highest BCUT2D eigenvalue weighted by molar-refractivity contribution is 5.91. The van der Waals surface area contributed by atoms with Gasteiger partial charge in [-0.3, -0.25) is 0 Å². The van der Waals surface area contributed by atoms with Crippen LogP contribution >= 0.6 is 0 Å². The lowest BCUT2D eigenvalue weighted by Crippen LogP contribution is -2.50. The molecule has 0 spiro atoms. The van der Waals surface area contributed by atoms with E-state index in [9.17, 15) is 4.79 Å². The van der Waals surface area contributed by atoms with Gasteiger partial charge < -0.3 is 9.47 Å². The highest BCUT2D eigenvalue weighted by atomic mass is 16.6. The van der Waals surface area contributed by atoms with Crippen molar-refractivity contribution in [3.63, 3.8) is 0 Å². The molecule has 0 aliphatic carbocycles. The van der Waals surface area contributed by atoms with Crippen molar-refractivity contribution >= 4 is 5.97 Å². The van der Waals surface area contributed by atoms with Gasteiger partial charge in [0.25, 0.3) is 0 Å². The Bertz CT molecular complexity index is 1390. The van der Waals surface area contributed by atoms with E-state index >= 15 is 0 Å². The number of fused-ring (bicyclic) bond motifs is 8. The molecular weight excluding hydrogens is 422 g/mol. The Morgan fingerprint density at radius 3 is 1.97 bits per heavy atom. The average molecular weight is 446 g/mol. The summed E-state index contributed by atoms with van der Waals surface area (Å²) in [5, 5.41) is 0. The van der Waals surface area contributed by atoms with Crippen molar-refractivity contribution in [1.82, 2.24) is 4.90 Å². The molecule has 0 radical (unpaired) electrons. The Morgan fingerprint density at radius 2 is 1.29 bits per heavy atom. The predicted octanol–water partition coefficient (Wildman–Crippen LogP) is 4.97. The minimum atomic E-state index is -0.950. The molecule has 0 aromatic heterocycles. The molecule has 4 aromatic rings. The van der Waals surface area contributed by atoms with Gasteiger partial charge >= 0.3 is 5.97 Å². The molecule has 4 heteroatoms. The van der Waals surface area contributed by atoms with E-state index in [2.05, 4.69) is 41.3 Å². The first-order valence-corrected chi connectivity index (χ1v) is 11.6. The lowest BCUT2D eigenvalue weighted by Gasteiger charge is -2.34. The number of hydrogen-bond donors (Lipinski definition) is 0. The quantitative estimate of drug-likeness (QED) is 0.321. The van der Waals surface area contributed by atoms with Crippen LogP contribution in [0.1, 0.15) is 27.8 Å². The summed E-state index contributed by atoms with van der Waals surface area (Å²) in [6, 6.07) is 38.5. The third kappa shape index (κ3) is 2.27. The second kappa shape index (κ2) is 6.89. The van der Waals surface area contributed by atoms with Gasteiger partial charge in [-0.25, -0.2) is 9.69 Å². The molecule has 2 fully saturated rings. The highest BCUT2D eigenvalue weighted by Gasteiger charge is 2.89. The second-order valence-electron chi connectivity index (χ2n) is 9.21. The normalized spacial score (nSPS) is 29.8. The van der Waals surface area contributed by atoms with Crippen LogP contribution in [-0.4, -0.2) is 23.0 Å². The van der Waals surface area contributed by atoms with E-state index in [-0.39, 0.29) is 12.6 Å². The van der Waals surface area contributed by atoms with E-state index in [1.807, 2.05) is 78.9 Å². The molecule has 3 aliphatic rings. The van der Waals surface area contributed by atoms with Crippen LogP contribution in [0.4, 0.5) is 0 Å². The summed E-state index contributed by atoms with van der Waals surface area (Å²) in [6.07, 6.45) is 0. The first-order chi connectivity index (χ1) is 16.7. The minimum absolute atomic E-state index is 0.236. The van der Waals surface area contributed by atoms with E-state index in [0.717, 1.165) is 27.8 Å². The van der Waals surface area contributed by atoms with Gasteiger partial charge in [-0.2, -0.15) is 0 Å². The van der Waals surface area contributed by atoms with Gasteiger partial charge in [0.2, 0.25) is 0 Å². The Morgan fingerprint density at radius 1 is 0.735 bits per heavy atom. The molecule has 3 heterocycles. The SMILES string of the molecule is O=C(OCc1ccccc1)C12CN1[C@]1(c3ccccc3)O[C@@]2(c2ccccc2)c2ccccc21. The average Bonchev–Trinajstić information content (AvgIpc) is 3.55. The topological polar surface area (TPSA) is 38.5 Å². The van der Waals surface area contributed by atoms with Crippen LogP contribution in [0.2, 0.25) is 0 Å². The molecule has 0 amide bonds. The van der Waals surface area contributed by atoms with Gasteiger partial charge in [0.05, 0.1) is 0 Å². The van der Waals surface area contributed by atoms with Crippen molar-refractivity contribution in [2.45, 2.75) is 23.5 Å². The van der Waals surface area contributed by atoms with Crippen molar-refractivity contribution in [3.05, 3.63) is 143 Å². The number of carbonyl (C=O) groups excluding carboxylic acids is 1. The third-order valence-electron chi connectivity index (χ3n) is 7.57. The van der Waals surface area contributed by atoms with Crippen LogP contribution in [0.15, 0.2) is 115 Å². The summed E-state index contributed by atoms with van der Waals surface area (Å²) in [7, 11) is 0. The molecule has 2 unspecified atom stereocenters. The molecule has 2 bridgehead atoms. The number of carbonyl (C=O) groups is 1. The van der Waals surface area contributed by atoms with E-state index in [1.165, 1.54) is 0 Å². The number of nitrogens with zero attached hydrogens (tertiary/aromatic N) is 1. The Labute approximate surface area is 198 Å². The van der Waals surface area contributed by atoms with Crippen LogP contribution < -0.4 is 0 Å². The molecule has 0 N–H and O–H groups in total. The fourth-order valence-corrected chi connectivity index (χ4v) is 6.12. The zero-order valence-electron chi connectivity index (χ0n) is 18.6. The molecular formula is C30H23NO3. The number of benzene rings is 4. The fourth-order valence-electron chi connectivity index (χ4n) is 6.12. The van der Waals surface area contributed by atoms with E-state index in [4.69, 9.17) is 9.47 Å². The number of esters is 1. The van der Waals surface area contributed by atoms with Crippen molar-refractivity contribution in [3.8, 4) is 0 Å². The zero-order valence-corrected chi connectivity index (χ0v) is 18.6. The van der Waals surface area contributed by atoms with E-state index in [0.29, 0.717) is 6.54 Å². The van der Waals surface area contributed by atoms with Crippen molar-refractivity contribution in [2.24, 2.45) is 0 Å². The van der Waals surface area contributed by atoms with E-state index < -0.39 is 16.9 Å². The summed E-state index contributed by atoms with van der Waals surface area (Å²) < 4.78 is 13.1. The lowest BCUT2D eigenvalue weighted by atomic mass is 9.72. The molecule has 4 nitrogen and oxygen atoms in total. The maximum atomic E-state index is 14.0. The smallest absolute Gasteiger partial charge is 0.332 e. The summed E-state index contributed by atoms with van der Waals surface area (Å²) in [5.74, 6) is -0.243. The maximum Gasteiger partial charge on any atom is 0.332 e. The second-order valence-corrected chi connectivity index (χ2v) is 9.21. The largest absolute Gasteiger partial charge is 0.459 e. The third-order valence-corrected chi connectivity index (χ3v) is 7.57. The first kappa shape index (κ1) is 19.7. The summed E-state index contributed by atoms with van der Waals surface area (Å²) in [6.45, 7) is 0.805. The van der Waals surface area contributed by atoms with Crippen LogP contribution in [0, 0.1) is 0 Å². The molecule has 34 heavy (non-hydrogen) atoms. The lowest BCUT2D eigenvalue weighted by molar-refractivity contribution is -0.154. The van der Waals surface area contributed by atoms with Crippen molar-refractivity contribution < 1.29 is 14.3 Å². The Balaban J connectivity index is 1.42. The molecule has 166 valence electrons. The number of ether oxygens (including phenoxy) is 2. The summed E-state index contributed by atoms with van der Waals surface area (Å²) >= 11 is 0. The standard InChI is InChI=1S/C30H23NO3/c32-27(33-20-22-12-4-1-5-13-22)28-21-31(28)30(24-16-8-3-9-17-24)26-19-11-10-18-25(26)29(28,34-30)23-14-6-2-7-15-23/h1-19H,20-21H2/t28?,29-,30+,31?/m0/s1. The van der Waals surface area contributed by atoms with Gasteiger partial charge in [-0.1, -0.05) is 115 Å². The number of hydrogen-bond acceptors (Lipinski definition) is 4. The van der Waals surface area contributed by atoms with Gasteiger partial charge in [0.15, 0.2) is 16.9 Å². The Hall–Kier alpha value is -3.73. The molecule has 3 aliphatic heterocycles. The fraction of sp³-hybridized carbons (Fsp3) is 0.167. The molecule has 4 aromatic carbocycles. The summed E-state index contributed by atoms with van der Waals surface area (Å²) in [4.78, 5) is 16.2. The van der Waals surface area contributed by atoms with Gasteiger partial charge in [0, 0.05) is 17.7 Å². The molecule has 7 rings (SSSR count). The maximum absolute atomic E-state index is 14.0. The highest BCUT2D eigenvalue weighted by Crippen LogP contribution is 2.74. The van der Waals surface area contributed by atoms with Crippen LogP contribution in [0.5, 0.6) is 0 Å². The van der Waals surface area contributed by atoms with Crippen LogP contribution in [-0.2, 0) is 32.2 Å². The monoisotopic (exact) mass is 445 g/mol. The van der Waals surface area contributed by atoms with Crippen molar-refractivity contribution in [2.75, 3.05) is 6.54 Å². The Kier molecular flexibility index (Phi) is 3.99. The van der Waals surface area contributed by atoms with Gasteiger partial charge in [-0.15, -0.1) is 0 Å². The number of rotatable bonds is 5. The van der Waals surface area contributed by atoms with Gasteiger partial charge in [-0.05, 0) is 16.7 Å². The van der Waals surface area contributed by atoms with E-state index in [1.54, 1.807) is 0 Å². The molecule has 4 atom stereocenters. The zero-order chi connectivity index (χ0) is 22.8. The van der Waals surface area contributed by atoms with Crippen molar-refractivity contribution in [1.29, 1.82) is 0 Å². The van der Waals surface area contributed by atoms with Crippen LogP contribution in [0.25, 0.3) is 0 Å². The summed E-state index contributed by atoms with van der Waals surface area (Å²) in [5.41, 5.74) is 2.38. The van der Waals surface area contributed by atoms with Gasteiger partial charge in [0.1, 0.15) is 6.61 Å². The first-order valence-electron chi connectivity index (χ1n) is 11.6. The minimum Gasteiger partial charge on any atom is -0.459 e. The molecule has 0 saturated carbocycles. The predicted molar refractivity (Wildman–Crippen MR) is 128 cm³/mol.